The minimum atomic E-state index is 0.196. The fourth-order valence-corrected chi connectivity index (χ4v) is 4.37. The normalized spacial score (nSPS) is 22.3. The number of rotatable bonds is 5. The molecule has 26 heavy (non-hydrogen) atoms. The fraction of sp³-hybridized carbons (Fsp3) is 0.545. The van der Waals surface area contributed by atoms with Crippen molar-refractivity contribution in [2.24, 2.45) is 0 Å². The number of fused-ring (bicyclic) bond motifs is 1. The molecule has 0 bridgehead atoms. The third kappa shape index (κ3) is 3.88. The van der Waals surface area contributed by atoms with E-state index in [0.717, 1.165) is 25.4 Å². The first-order valence-electron chi connectivity index (χ1n) is 10.0. The highest BCUT2D eigenvalue weighted by molar-refractivity contribution is 5.87. The van der Waals surface area contributed by atoms with Gasteiger partial charge >= 0.3 is 0 Å². The predicted molar refractivity (Wildman–Crippen MR) is 108 cm³/mol. The molecule has 0 radical (unpaired) electrons. The van der Waals surface area contributed by atoms with Gasteiger partial charge in [-0.2, -0.15) is 0 Å². The largest absolute Gasteiger partial charge is 0.491 e. The van der Waals surface area contributed by atoms with Crippen LogP contribution in [0, 0.1) is 0 Å². The Kier molecular flexibility index (Phi) is 5.44. The molecular weight excluding hydrogens is 322 g/mol. The molecular formula is C22H31N3O. The van der Waals surface area contributed by atoms with Gasteiger partial charge in [-0.3, -0.25) is 9.80 Å². The van der Waals surface area contributed by atoms with Crippen molar-refractivity contribution in [3.8, 4) is 5.75 Å². The van der Waals surface area contributed by atoms with Gasteiger partial charge in [0.05, 0.1) is 6.10 Å². The first-order chi connectivity index (χ1) is 12.7. The molecule has 4 heteroatoms. The minimum Gasteiger partial charge on any atom is -0.491 e. The molecule has 0 spiro atoms. The summed E-state index contributed by atoms with van der Waals surface area (Å²) in [5, 5.41) is 6.10. The molecule has 1 atom stereocenters. The monoisotopic (exact) mass is 353 g/mol. The zero-order chi connectivity index (χ0) is 17.9. The molecule has 0 saturated carbocycles. The third-order valence-corrected chi connectivity index (χ3v) is 5.66. The van der Waals surface area contributed by atoms with Gasteiger partial charge in [0.25, 0.3) is 0 Å². The van der Waals surface area contributed by atoms with Gasteiger partial charge < -0.3 is 10.1 Å². The summed E-state index contributed by atoms with van der Waals surface area (Å²) in [7, 11) is 0. The molecule has 2 aromatic rings. The lowest BCUT2D eigenvalue weighted by atomic mass is 10.0. The average Bonchev–Trinajstić information content (AvgIpc) is 3.13. The fourth-order valence-electron chi connectivity index (χ4n) is 4.37. The molecule has 2 aliphatic rings. The van der Waals surface area contributed by atoms with E-state index in [2.05, 4.69) is 65.4 Å². The second-order valence-electron chi connectivity index (χ2n) is 7.89. The van der Waals surface area contributed by atoms with Crippen molar-refractivity contribution in [2.75, 3.05) is 39.3 Å². The number of hydrogen-bond acceptors (Lipinski definition) is 4. The third-order valence-electron chi connectivity index (χ3n) is 5.66. The number of piperazine rings is 1. The number of likely N-dealkylation sites (tertiary alicyclic amines) is 1. The van der Waals surface area contributed by atoms with Crippen LogP contribution in [0.2, 0.25) is 0 Å². The van der Waals surface area contributed by atoms with E-state index in [4.69, 9.17) is 4.74 Å². The highest BCUT2D eigenvalue weighted by Crippen LogP contribution is 2.31. The van der Waals surface area contributed by atoms with Gasteiger partial charge in [0.1, 0.15) is 5.75 Å². The van der Waals surface area contributed by atoms with Crippen molar-refractivity contribution in [1.82, 2.24) is 15.1 Å². The van der Waals surface area contributed by atoms with Crippen LogP contribution in [0.15, 0.2) is 36.4 Å². The smallest absolute Gasteiger partial charge is 0.124 e. The molecule has 0 aromatic heterocycles. The summed E-state index contributed by atoms with van der Waals surface area (Å²) in [5.74, 6) is 1.05. The Labute approximate surface area is 157 Å². The Morgan fingerprint density at radius 3 is 2.69 bits per heavy atom. The topological polar surface area (TPSA) is 27.7 Å². The maximum Gasteiger partial charge on any atom is 0.124 e. The van der Waals surface area contributed by atoms with E-state index in [-0.39, 0.29) is 6.10 Å². The second kappa shape index (κ2) is 7.95. The Balaban J connectivity index is 1.54. The van der Waals surface area contributed by atoms with Crippen LogP contribution in [0.25, 0.3) is 10.8 Å². The number of nitrogens with zero attached hydrogens (tertiary/aromatic N) is 2. The molecule has 2 saturated heterocycles. The molecule has 2 aromatic carbocycles. The van der Waals surface area contributed by atoms with Crippen molar-refractivity contribution in [1.29, 1.82) is 0 Å². The number of hydrogen-bond donors (Lipinski definition) is 1. The Morgan fingerprint density at radius 1 is 1.08 bits per heavy atom. The average molecular weight is 354 g/mol. The zero-order valence-electron chi connectivity index (χ0n) is 16.1. The van der Waals surface area contributed by atoms with Crippen LogP contribution in [0.5, 0.6) is 5.75 Å². The highest BCUT2D eigenvalue weighted by atomic mass is 16.5. The summed E-state index contributed by atoms with van der Waals surface area (Å²) in [5.41, 5.74) is 1.35. The second-order valence-corrected chi connectivity index (χ2v) is 7.89. The molecule has 2 aliphatic heterocycles. The number of nitrogens with one attached hydrogen (secondary N) is 1. The van der Waals surface area contributed by atoms with Crippen LogP contribution in [0.3, 0.4) is 0 Å². The molecule has 4 rings (SSSR count). The maximum atomic E-state index is 6.16. The van der Waals surface area contributed by atoms with E-state index >= 15 is 0 Å². The molecule has 140 valence electrons. The van der Waals surface area contributed by atoms with Crippen LogP contribution in [0.4, 0.5) is 0 Å². The van der Waals surface area contributed by atoms with Gasteiger partial charge in [-0.15, -0.1) is 0 Å². The van der Waals surface area contributed by atoms with E-state index in [1.165, 1.54) is 48.9 Å². The molecule has 1 unspecified atom stereocenters. The summed E-state index contributed by atoms with van der Waals surface area (Å²) in [6, 6.07) is 13.7. The SMILES string of the molecule is CC(C)Oc1ccc2ccccc2c1CN1CCC(N2CCNCC2)C1. The highest BCUT2D eigenvalue weighted by Gasteiger charge is 2.29. The van der Waals surface area contributed by atoms with Crippen molar-refractivity contribution in [2.45, 2.75) is 39.0 Å². The van der Waals surface area contributed by atoms with E-state index < -0.39 is 0 Å². The van der Waals surface area contributed by atoms with Crippen LogP contribution in [-0.4, -0.2) is 61.2 Å². The molecule has 0 amide bonds. The first kappa shape index (κ1) is 17.8. The van der Waals surface area contributed by atoms with Crippen molar-refractivity contribution in [3.05, 3.63) is 42.0 Å². The summed E-state index contributed by atoms with van der Waals surface area (Å²) in [6.45, 7) is 12.2. The van der Waals surface area contributed by atoms with Gasteiger partial charge in [-0.1, -0.05) is 30.3 Å². The lowest BCUT2D eigenvalue weighted by Gasteiger charge is -2.32. The molecule has 2 fully saturated rings. The van der Waals surface area contributed by atoms with E-state index in [1.807, 2.05) is 0 Å². The van der Waals surface area contributed by atoms with E-state index in [9.17, 15) is 0 Å². The summed E-state index contributed by atoms with van der Waals surface area (Å²) >= 11 is 0. The predicted octanol–water partition coefficient (Wildman–Crippen LogP) is 3.11. The van der Waals surface area contributed by atoms with Crippen LogP contribution < -0.4 is 10.1 Å². The van der Waals surface area contributed by atoms with E-state index in [1.54, 1.807) is 0 Å². The molecule has 0 aliphatic carbocycles. The molecule has 1 N–H and O–H groups in total. The van der Waals surface area contributed by atoms with Gasteiger partial charge in [-0.25, -0.2) is 0 Å². The van der Waals surface area contributed by atoms with Crippen LogP contribution in [-0.2, 0) is 6.54 Å². The Bertz CT molecular complexity index is 739. The standard InChI is InChI=1S/C22H31N3O/c1-17(2)26-22-8-7-18-5-3-4-6-20(18)21(22)16-24-12-9-19(15-24)25-13-10-23-11-14-25/h3-8,17,19,23H,9-16H2,1-2H3. The number of benzene rings is 2. The zero-order valence-corrected chi connectivity index (χ0v) is 16.1. The summed E-state index contributed by atoms with van der Waals surface area (Å²) in [6.07, 6.45) is 1.48. The van der Waals surface area contributed by atoms with Crippen LogP contribution in [0.1, 0.15) is 25.8 Å². The Hall–Kier alpha value is -1.62. The van der Waals surface area contributed by atoms with Gasteiger partial charge in [0.2, 0.25) is 0 Å². The van der Waals surface area contributed by atoms with Gasteiger partial charge in [0.15, 0.2) is 0 Å². The first-order valence-corrected chi connectivity index (χ1v) is 10.0. The molecule has 2 heterocycles. The lowest BCUT2D eigenvalue weighted by molar-refractivity contribution is 0.170. The summed E-state index contributed by atoms with van der Waals surface area (Å²) in [4.78, 5) is 5.28. The van der Waals surface area contributed by atoms with Gasteiger partial charge in [0, 0.05) is 57.4 Å². The van der Waals surface area contributed by atoms with Crippen molar-refractivity contribution < 1.29 is 4.74 Å². The van der Waals surface area contributed by atoms with Crippen LogP contribution >= 0.6 is 0 Å². The number of ether oxygens (including phenoxy) is 1. The minimum absolute atomic E-state index is 0.196. The van der Waals surface area contributed by atoms with Gasteiger partial charge in [-0.05, 0) is 37.1 Å². The maximum absolute atomic E-state index is 6.16. The molecule has 4 nitrogen and oxygen atoms in total. The lowest BCUT2D eigenvalue weighted by Crippen LogP contribution is -2.49. The Morgan fingerprint density at radius 2 is 1.88 bits per heavy atom. The van der Waals surface area contributed by atoms with E-state index in [0.29, 0.717) is 6.04 Å². The van der Waals surface area contributed by atoms with Crippen molar-refractivity contribution in [3.63, 3.8) is 0 Å². The quantitative estimate of drug-likeness (QED) is 0.894. The summed E-state index contributed by atoms with van der Waals surface area (Å²) < 4.78 is 6.16. The van der Waals surface area contributed by atoms with Crippen molar-refractivity contribution >= 4 is 10.8 Å².